The first-order valence-corrected chi connectivity index (χ1v) is 26.6. The Kier molecular flexibility index (Phi) is 46.4. The third-order valence-electron chi connectivity index (χ3n) is 8.98. The lowest BCUT2D eigenvalue weighted by Crippen LogP contribution is -2.59. The van der Waals surface area contributed by atoms with Gasteiger partial charge in [0.1, 0.15) is 22.3 Å². The van der Waals surface area contributed by atoms with Crippen LogP contribution >= 0.6 is 0 Å². The summed E-state index contributed by atoms with van der Waals surface area (Å²) in [5.74, 6) is -1.74. The highest BCUT2D eigenvalue weighted by Gasteiger charge is 2.34. The molecule has 0 aliphatic heterocycles. The molecule has 0 heterocycles. The standard InChI is InChI=1S/C52H100N2O22/c1-49(2,3)74-46(56)11-16-71-42-52(43-72-17-12-47(57)75-50(4,5)6,44-73-18-13-48(58)76-51(7,8)9)54-45(55)10-15-59-20-22-61-24-26-63-28-30-65-32-34-67-36-38-69-40-41-70-39-37-68-35-33-66-31-29-64-27-25-62-23-21-60-19-14-53/h10-44,53H2,1-9H3,(H,54,55). The summed E-state index contributed by atoms with van der Waals surface area (Å²) in [4.78, 5) is 50.5. The van der Waals surface area contributed by atoms with Crippen LogP contribution in [0.4, 0.5) is 0 Å². The predicted octanol–water partition coefficient (Wildman–Crippen LogP) is 2.63. The number of ether oxygens (including phenoxy) is 18. The van der Waals surface area contributed by atoms with E-state index in [-0.39, 0.29) is 85.1 Å². The maximum atomic E-state index is 13.4. The van der Waals surface area contributed by atoms with Gasteiger partial charge in [-0.15, -0.1) is 0 Å². The van der Waals surface area contributed by atoms with Crippen LogP contribution in [0.3, 0.4) is 0 Å². The summed E-state index contributed by atoms with van der Waals surface area (Å²) in [6, 6.07) is 0. The van der Waals surface area contributed by atoms with E-state index < -0.39 is 46.2 Å². The molecule has 0 saturated carbocycles. The zero-order valence-corrected chi connectivity index (χ0v) is 47.8. The highest BCUT2D eigenvalue weighted by atomic mass is 16.6. The van der Waals surface area contributed by atoms with E-state index in [0.717, 1.165) is 0 Å². The van der Waals surface area contributed by atoms with Crippen LogP contribution in [0.25, 0.3) is 0 Å². The monoisotopic (exact) mass is 1100 g/mol. The smallest absolute Gasteiger partial charge is 0.308 e. The molecule has 76 heavy (non-hydrogen) atoms. The van der Waals surface area contributed by atoms with Crippen molar-refractivity contribution in [3.63, 3.8) is 0 Å². The van der Waals surface area contributed by atoms with Crippen LogP contribution in [0.15, 0.2) is 0 Å². The topological polar surface area (TPSA) is 272 Å². The summed E-state index contributed by atoms with van der Waals surface area (Å²) in [6.45, 7) is 26.3. The molecule has 0 aromatic heterocycles. The van der Waals surface area contributed by atoms with Gasteiger partial charge in [-0.2, -0.15) is 0 Å². The largest absolute Gasteiger partial charge is 0.460 e. The summed E-state index contributed by atoms with van der Waals surface area (Å²) in [7, 11) is 0. The minimum atomic E-state index is -1.28. The van der Waals surface area contributed by atoms with E-state index in [4.69, 9.17) is 91.0 Å². The molecule has 0 fully saturated rings. The normalized spacial score (nSPS) is 12.3. The fraction of sp³-hybridized carbons (Fsp3) is 0.923. The molecule has 24 heteroatoms. The van der Waals surface area contributed by atoms with E-state index in [1.54, 1.807) is 62.3 Å². The van der Waals surface area contributed by atoms with Crippen LogP contribution in [0.5, 0.6) is 0 Å². The number of carbonyl (C=O) groups excluding carboxylic acids is 4. The Hall–Kier alpha value is -2.76. The maximum absolute atomic E-state index is 13.4. The molecule has 0 radical (unpaired) electrons. The van der Waals surface area contributed by atoms with Gasteiger partial charge in [0.05, 0.1) is 217 Å². The van der Waals surface area contributed by atoms with Crippen molar-refractivity contribution in [1.29, 1.82) is 0 Å². The molecule has 3 N–H and O–H groups in total. The summed E-state index contributed by atoms with van der Waals surface area (Å²) < 4.78 is 99.7. The molecule has 1 amide bonds. The van der Waals surface area contributed by atoms with Crippen molar-refractivity contribution >= 4 is 23.8 Å². The molecule has 0 aliphatic rings. The lowest BCUT2D eigenvalue weighted by atomic mass is 10.0. The van der Waals surface area contributed by atoms with Crippen molar-refractivity contribution in [2.45, 2.75) is 110 Å². The van der Waals surface area contributed by atoms with Gasteiger partial charge in [0.25, 0.3) is 0 Å². The fourth-order valence-corrected chi connectivity index (χ4v) is 5.81. The zero-order chi connectivity index (χ0) is 56.5. The van der Waals surface area contributed by atoms with Gasteiger partial charge in [-0.25, -0.2) is 0 Å². The van der Waals surface area contributed by atoms with Crippen molar-refractivity contribution in [2.75, 3.05) is 205 Å². The molecule has 450 valence electrons. The highest BCUT2D eigenvalue weighted by Crippen LogP contribution is 2.15. The van der Waals surface area contributed by atoms with E-state index in [0.29, 0.717) is 145 Å². The molecule has 0 aromatic rings. The van der Waals surface area contributed by atoms with Crippen molar-refractivity contribution in [3.8, 4) is 0 Å². The molecule has 0 atom stereocenters. The quantitative estimate of drug-likeness (QED) is 0.0503. The average molecular weight is 1110 g/mol. The van der Waals surface area contributed by atoms with Gasteiger partial charge < -0.3 is 96.3 Å². The molecule has 0 saturated heterocycles. The van der Waals surface area contributed by atoms with E-state index >= 15 is 0 Å². The number of carbonyl (C=O) groups is 4. The molecule has 0 bridgehead atoms. The molecule has 24 nitrogen and oxygen atoms in total. The van der Waals surface area contributed by atoms with Crippen LogP contribution in [0.2, 0.25) is 0 Å². The van der Waals surface area contributed by atoms with Gasteiger partial charge in [0.2, 0.25) is 5.91 Å². The number of esters is 3. The molecule has 0 unspecified atom stereocenters. The van der Waals surface area contributed by atoms with Crippen LogP contribution in [-0.4, -0.2) is 251 Å². The van der Waals surface area contributed by atoms with Gasteiger partial charge in [0, 0.05) is 13.0 Å². The number of nitrogens with two attached hydrogens (primary N) is 1. The van der Waals surface area contributed by atoms with Crippen LogP contribution in [0, 0.1) is 0 Å². The van der Waals surface area contributed by atoms with Gasteiger partial charge in [-0.05, 0) is 62.3 Å². The molecule has 0 spiro atoms. The van der Waals surface area contributed by atoms with Crippen LogP contribution < -0.4 is 11.1 Å². The number of amides is 1. The third-order valence-corrected chi connectivity index (χ3v) is 8.98. The maximum Gasteiger partial charge on any atom is 0.308 e. The van der Waals surface area contributed by atoms with E-state index in [1.165, 1.54) is 0 Å². The molecule has 0 aromatic carbocycles. The van der Waals surface area contributed by atoms with Gasteiger partial charge >= 0.3 is 17.9 Å². The average Bonchev–Trinajstić information content (AvgIpc) is 3.32. The molecule has 0 aliphatic carbocycles. The van der Waals surface area contributed by atoms with Crippen LogP contribution in [-0.2, 0) is 104 Å². The van der Waals surface area contributed by atoms with E-state index in [1.807, 2.05) is 0 Å². The van der Waals surface area contributed by atoms with E-state index in [2.05, 4.69) is 5.32 Å². The van der Waals surface area contributed by atoms with Crippen LogP contribution in [0.1, 0.15) is 88.0 Å². The number of rotatable bonds is 54. The minimum Gasteiger partial charge on any atom is -0.460 e. The summed E-state index contributed by atoms with van der Waals surface area (Å²) in [5, 5.41) is 2.96. The Morgan fingerprint density at radius 1 is 0.289 bits per heavy atom. The summed E-state index contributed by atoms with van der Waals surface area (Å²) in [6.07, 6.45) is -0.128. The van der Waals surface area contributed by atoms with Gasteiger partial charge in [-0.3, -0.25) is 19.2 Å². The van der Waals surface area contributed by atoms with Gasteiger partial charge in [-0.1, -0.05) is 0 Å². The zero-order valence-electron chi connectivity index (χ0n) is 47.8. The Morgan fingerprint density at radius 3 is 0.697 bits per heavy atom. The van der Waals surface area contributed by atoms with Crippen molar-refractivity contribution in [3.05, 3.63) is 0 Å². The number of nitrogens with one attached hydrogen (secondary N) is 1. The Labute approximate surface area is 453 Å². The van der Waals surface area contributed by atoms with E-state index in [9.17, 15) is 19.2 Å². The lowest BCUT2D eigenvalue weighted by Gasteiger charge is -2.34. The third kappa shape index (κ3) is 54.6. The number of hydrogen-bond donors (Lipinski definition) is 2. The summed E-state index contributed by atoms with van der Waals surface area (Å²) >= 11 is 0. The lowest BCUT2D eigenvalue weighted by molar-refractivity contribution is -0.157. The van der Waals surface area contributed by atoms with Crippen molar-refractivity contribution in [2.24, 2.45) is 5.73 Å². The van der Waals surface area contributed by atoms with Gasteiger partial charge in [0.15, 0.2) is 0 Å². The highest BCUT2D eigenvalue weighted by molar-refractivity contribution is 5.77. The molecule has 0 rings (SSSR count). The number of hydrogen-bond acceptors (Lipinski definition) is 23. The SMILES string of the molecule is CC(C)(C)OC(=O)CCOCC(COCCC(=O)OC(C)(C)C)(COCCC(=O)OC(C)(C)C)NC(=O)CCOCCOCCOCCOCCOCCOCCOCCOCCOCCOCCOCCOCCN. The first kappa shape index (κ1) is 73.2. The first-order valence-electron chi connectivity index (χ1n) is 26.6. The van der Waals surface area contributed by atoms with Crippen molar-refractivity contribution in [1.82, 2.24) is 5.32 Å². The molecular weight excluding hydrogens is 1000 g/mol. The first-order chi connectivity index (χ1) is 36.3. The second-order valence-corrected chi connectivity index (χ2v) is 19.9. The minimum absolute atomic E-state index is 0.0158. The summed E-state index contributed by atoms with van der Waals surface area (Å²) in [5.41, 5.74) is 2.06. The molecular formula is C52H100N2O22. The Bertz CT molecular complexity index is 1300. The van der Waals surface area contributed by atoms with Crippen molar-refractivity contribution < 1.29 is 104 Å². The Balaban J connectivity index is 4.26. The predicted molar refractivity (Wildman–Crippen MR) is 278 cm³/mol. The second kappa shape index (κ2) is 48.2. The fourth-order valence-electron chi connectivity index (χ4n) is 5.81. The second-order valence-electron chi connectivity index (χ2n) is 19.9. The Morgan fingerprint density at radius 2 is 0.487 bits per heavy atom.